The predicted molar refractivity (Wildman–Crippen MR) is 83.1 cm³/mol. The van der Waals surface area contributed by atoms with E-state index >= 15 is 0 Å². The van der Waals surface area contributed by atoms with Crippen molar-refractivity contribution >= 4 is 18.3 Å². The first kappa shape index (κ1) is 17.2. The SMILES string of the molecule is CC1CC(NC(=O)C2CC2c2ccc(F)cc2F)CCN1.Cl. The van der Waals surface area contributed by atoms with E-state index in [1.807, 2.05) is 0 Å². The van der Waals surface area contributed by atoms with Crippen LogP contribution in [0.3, 0.4) is 0 Å². The van der Waals surface area contributed by atoms with E-state index in [9.17, 15) is 13.6 Å². The van der Waals surface area contributed by atoms with Crippen molar-refractivity contribution in [2.45, 2.75) is 44.2 Å². The molecule has 1 saturated heterocycles. The molecule has 1 aliphatic heterocycles. The van der Waals surface area contributed by atoms with Crippen LogP contribution in [0.4, 0.5) is 8.78 Å². The third-order valence-corrected chi connectivity index (χ3v) is 4.46. The van der Waals surface area contributed by atoms with Crippen LogP contribution < -0.4 is 10.6 Å². The van der Waals surface area contributed by atoms with Crippen LogP contribution in [0.2, 0.25) is 0 Å². The molecule has 0 spiro atoms. The van der Waals surface area contributed by atoms with Crippen LogP contribution >= 0.6 is 12.4 Å². The molecule has 1 amide bonds. The van der Waals surface area contributed by atoms with Crippen molar-refractivity contribution in [3.05, 3.63) is 35.4 Å². The van der Waals surface area contributed by atoms with Gasteiger partial charge in [-0.15, -0.1) is 12.4 Å². The fourth-order valence-corrected chi connectivity index (χ4v) is 3.20. The van der Waals surface area contributed by atoms with E-state index in [-0.39, 0.29) is 36.2 Å². The second kappa shape index (κ2) is 6.92. The molecule has 3 nitrogen and oxygen atoms in total. The zero-order chi connectivity index (χ0) is 15.0. The van der Waals surface area contributed by atoms with Gasteiger partial charge in [-0.2, -0.15) is 0 Å². The Labute approximate surface area is 135 Å². The second-order valence-electron chi connectivity index (χ2n) is 6.20. The summed E-state index contributed by atoms with van der Waals surface area (Å²) >= 11 is 0. The highest BCUT2D eigenvalue weighted by Gasteiger charge is 2.45. The van der Waals surface area contributed by atoms with Crippen molar-refractivity contribution in [3.63, 3.8) is 0 Å². The largest absolute Gasteiger partial charge is 0.353 e. The zero-order valence-corrected chi connectivity index (χ0v) is 13.3. The minimum atomic E-state index is -0.582. The van der Waals surface area contributed by atoms with E-state index in [0.29, 0.717) is 18.0 Å². The summed E-state index contributed by atoms with van der Waals surface area (Å²) in [5, 5.41) is 6.41. The Bertz CT molecular complexity index is 555. The van der Waals surface area contributed by atoms with Gasteiger partial charge in [0.15, 0.2) is 0 Å². The number of carbonyl (C=O) groups excluding carboxylic acids is 1. The molecule has 122 valence electrons. The van der Waals surface area contributed by atoms with Gasteiger partial charge in [-0.3, -0.25) is 4.79 Å². The number of nitrogens with one attached hydrogen (secondary N) is 2. The fraction of sp³-hybridized carbons (Fsp3) is 0.562. The maximum Gasteiger partial charge on any atom is 0.223 e. The Morgan fingerprint density at radius 1 is 1.32 bits per heavy atom. The van der Waals surface area contributed by atoms with Gasteiger partial charge in [-0.05, 0) is 50.3 Å². The van der Waals surface area contributed by atoms with E-state index in [0.717, 1.165) is 25.5 Å². The lowest BCUT2D eigenvalue weighted by Gasteiger charge is -2.28. The molecule has 0 bridgehead atoms. The van der Waals surface area contributed by atoms with Gasteiger partial charge in [0.05, 0.1) is 0 Å². The highest BCUT2D eigenvalue weighted by molar-refractivity contribution is 5.85. The van der Waals surface area contributed by atoms with Crippen LogP contribution in [0.25, 0.3) is 0 Å². The monoisotopic (exact) mass is 330 g/mol. The number of rotatable bonds is 3. The van der Waals surface area contributed by atoms with Crippen molar-refractivity contribution in [1.29, 1.82) is 0 Å². The molecule has 1 aromatic rings. The molecule has 2 fully saturated rings. The van der Waals surface area contributed by atoms with Crippen molar-refractivity contribution in [2.24, 2.45) is 5.92 Å². The molecular formula is C16H21ClF2N2O. The predicted octanol–water partition coefficient (Wildman–Crippen LogP) is 2.75. The summed E-state index contributed by atoms with van der Waals surface area (Å²) in [6.07, 6.45) is 2.50. The molecule has 22 heavy (non-hydrogen) atoms. The number of piperidine rings is 1. The fourth-order valence-electron chi connectivity index (χ4n) is 3.20. The van der Waals surface area contributed by atoms with E-state index < -0.39 is 11.6 Å². The van der Waals surface area contributed by atoms with Crippen LogP contribution in [0.1, 0.15) is 37.7 Å². The summed E-state index contributed by atoms with van der Waals surface area (Å²) in [6, 6.07) is 4.20. The third kappa shape index (κ3) is 3.76. The van der Waals surface area contributed by atoms with Gasteiger partial charge < -0.3 is 10.6 Å². The molecule has 1 aliphatic carbocycles. The molecule has 4 atom stereocenters. The Kier molecular flexibility index (Phi) is 5.40. The Balaban J connectivity index is 0.00000176. The van der Waals surface area contributed by atoms with Gasteiger partial charge in [0.25, 0.3) is 0 Å². The average Bonchev–Trinajstić information content (AvgIpc) is 3.19. The lowest BCUT2D eigenvalue weighted by atomic mass is 10.0. The number of carbonyl (C=O) groups is 1. The lowest BCUT2D eigenvalue weighted by molar-refractivity contribution is -0.123. The first-order valence-corrected chi connectivity index (χ1v) is 7.53. The highest BCUT2D eigenvalue weighted by atomic mass is 35.5. The second-order valence-corrected chi connectivity index (χ2v) is 6.20. The van der Waals surface area contributed by atoms with Crippen LogP contribution in [-0.2, 0) is 4.79 Å². The summed E-state index contributed by atoms with van der Waals surface area (Å²) in [6.45, 7) is 3.01. The molecule has 1 aromatic carbocycles. The summed E-state index contributed by atoms with van der Waals surface area (Å²) in [5.74, 6) is -1.41. The molecule has 1 heterocycles. The highest BCUT2D eigenvalue weighted by Crippen LogP contribution is 2.48. The Morgan fingerprint density at radius 2 is 2.09 bits per heavy atom. The molecule has 1 saturated carbocycles. The van der Waals surface area contributed by atoms with Crippen LogP contribution in [0.5, 0.6) is 0 Å². The quantitative estimate of drug-likeness (QED) is 0.894. The topological polar surface area (TPSA) is 41.1 Å². The number of hydrogen-bond donors (Lipinski definition) is 2. The van der Waals surface area contributed by atoms with Gasteiger partial charge >= 0.3 is 0 Å². The third-order valence-electron chi connectivity index (χ3n) is 4.46. The molecule has 2 aliphatic rings. The standard InChI is InChI=1S/C16H20F2N2O.ClH/c1-9-6-11(4-5-19-9)20-16(21)14-8-13(14)12-3-2-10(17)7-15(12)18;/h2-3,7,9,11,13-14,19H,4-6,8H2,1H3,(H,20,21);1H. The molecule has 0 radical (unpaired) electrons. The number of amides is 1. The number of benzene rings is 1. The first-order valence-electron chi connectivity index (χ1n) is 7.53. The summed E-state index contributed by atoms with van der Waals surface area (Å²) in [5.41, 5.74) is 0.454. The summed E-state index contributed by atoms with van der Waals surface area (Å²) in [7, 11) is 0. The molecule has 6 heteroatoms. The van der Waals surface area contributed by atoms with E-state index in [1.165, 1.54) is 12.1 Å². The number of hydrogen-bond acceptors (Lipinski definition) is 2. The van der Waals surface area contributed by atoms with Gasteiger partial charge in [0, 0.05) is 24.1 Å². The Hall–Kier alpha value is -1.20. The molecule has 3 rings (SSSR count). The van der Waals surface area contributed by atoms with E-state index in [4.69, 9.17) is 0 Å². The Morgan fingerprint density at radius 3 is 2.77 bits per heavy atom. The molecule has 0 aromatic heterocycles. The number of halogens is 3. The average molecular weight is 331 g/mol. The molecule has 2 N–H and O–H groups in total. The van der Waals surface area contributed by atoms with Crippen LogP contribution in [-0.4, -0.2) is 24.5 Å². The van der Waals surface area contributed by atoms with Crippen molar-refractivity contribution in [1.82, 2.24) is 10.6 Å². The van der Waals surface area contributed by atoms with E-state index in [1.54, 1.807) is 0 Å². The van der Waals surface area contributed by atoms with E-state index in [2.05, 4.69) is 17.6 Å². The zero-order valence-electron chi connectivity index (χ0n) is 12.4. The first-order chi connectivity index (χ1) is 10.0. The van der Waals surface area contributed by atoms with Crippen molar-refractivity contribution in [3.8, 4) is 0 Å². The molecular weight excluding hydrogens is 310 g/mol. The van der Waals surface area contributed by atoms with Crippen molar-refractivity contribution in [2.75, 3.05) is 6.54 Å². The van der Waals surface area contributed by atoms with Gasteiger partial charge in [-0.1, -0.05) is 6.07 Å². The van der Waals surface area contributed by atoms with Gasteiger partial charge in [0.2, 0.25) is 5.91 Å². The minimum Gasteiger partial charge on any atom is -0.353 e. The van der Waals surface area contributed by atoms with Gasteiger partial charge in [-0.25, -0.2) is 8.78 Å². The van der Waals surface area contributed by atoms with Crippen LogP contribution in [0.15, 0.2) is 18.2 Å². The van der Waals surface area contributed by atoms with Crippen LogP contribution in [0, 0.1) is 17.6 Å². The summed E-state index contributed by atoms with van der Waals surface area (Å²) in [4.78, 5) is 12.2. The maximum atomic E-state index is 13.7. The molecule has 4 unspecified atom stereocenters. The normalized spacial score (nSPS) is 30.3. The lowest BCUT2D eigenvalue weighted by Crippen LogP contribution is -2.47. The smallest absolute Gasteiger partial charge is 0.223 e. The van der Waals surface area contributed by atoms with Crippen molar-refractivity contribution < 1.29 is 13.6 Å². The minimum absolute atomic E-state index is 0. The maximum absolute atomic E-state index is 13.7. The summed E-state index contributed by atoms with van der Waals surface area (Å²) < 4.78 is 26.6. The van der Waals surface area contributed by atoms with Gasteiger partial charge in [0.1, 0.15) is 11.6 Å².